The van der Waals surface area contributed by atoms with E-state index in [4.69, 9.17) is 18.9 Å². The minimum Gasteiger partial charge on any atom is -0.497 e. The van der Waals surface area contributed by atoms with Crippen molar-refractivity contribution in [2.45, 2.75) is 42.4 Å². The number of esters is 1. The molecule has 41 heavy (non-hydrogen) atoms. The molecule has 0 fully saturated rings. The first-order chi connectivity index (χ1) is 19.9. The number of fused-ring (bicyclic) bond motifs is 1. The summed E-state index contributed by atoms with van der Waals surface area (Å²) in [6.45, 7) is 5.32. The van der Waals surface area contributed by atoms with Crippen LogP contribution in [0.2, 0.25) is 0 Å². The molecule has 1 N–H and O–H groups in total. The van der Waals surface area contributed by atoms with Gasteiger partial charge >= 0.3 is 5.97 Å². The van der Waals surface area contributed by atoms with Crippen LogP contribution in [0.5, 0.6) is 17.2 Å². The van der Waals surface area contributed by atoms with Crippen LogP contribution in [0.4, 0.5) is 5.69 Å². The van der Waals surface area contributed by atoms with E-state index in [9.17, 15) is 9.59 Å². The van der Waals surface area contributed by atoms with E-state index in [1.54, 1.807) is 26.2 Å². The lowest BCUT2D eigenvalue weighted by atomic mass is 9.97. The molecule has 3 atom stereocenters. The number of para-hydroxylation sites is 1. The second-order valence-corrected chi connectivity index (χ2v) is 11.0. The SMILES string of the molecule is COc1ccc(C2Sc3ccccc3N(CCNCCC(C)c3ccc(OC)c(OC)c3)C(=O)C2OC(C)=O)cc1. The summed E-state index contributed by atoms with van der Waals surface area (Å²) in [6.07, 6.45) is -0.0609. The van der Waals surface area contributed by atoms with Gasteiger partial charge in [-0.05, 0) is 66.4 Å². The zero-order valence-electron chi connectivity index (χ0n) is 24.2. The number of amides is 1. The van der Waals surface area contributed by atoms with Crippen LogP contribution < -0.4 is 24.4 Å². The van der Waals surface area contributed by atoms with E-state index in [1.807, 2.05) is 60.7 Å². The molecule has 0 radical (unpaired) electrons. The van der Waals surface area contributed by atoms with Crippen LogP contribution in [0.1, 0.15) is 42.6 Å². The topological polar surface area (TPSA) is 86.3 Å². The summed E-state index contributed by atoms with van der Waals surface area (Å²) >= 11 is 1.53. The molecule has 3 aromatic carbocycles. The van der Waals surface area contributed by atoms with E-state index < -0.39 is 17.3 Å². The van der Waals surface area contributed by atoms with Crippen molar-refractivity contribution in [3.63, 3.8) is 0 Å². The molecular formula is C32H38N2O6S. The molecule has 8 nitrogen and oxygen atoms in total. The number of thioether (sulfide) groups is 1. The first-order valence-electron chi connectivity index (χ1n) is 13.7. The number of carbonyl (C=O) groups excluding carboxylic acids is 2. The summed E-state index contributed by atoms with van der Waals surface area (Å²) in [5.41, 5.74) is 2.87. The fourth-order valence-corrected chi connectivity index (χ4v) is 6.22. The molecule has 4 rings (SSSR count). The lowest BCUT2D eigenvalue weighted by Crippen LogP contribution is -2.45. The van der Waals surface area contributed by atoms with Crippen LogP contribution in [0.25, 0.3) is 0 Å². The predicted molar refractivity (Wildman–Crippen MR) is 161 cm³/mol. The van der Waals surface area contributed by atoms with E-state index in [1.165, 1.54) is 24.2 Å². The largest absolute Gasteiger partial charge is 0.497 e. The lowest BCUT2D eigenvalue weighted by molar-refractivity contribution is -0.152. The predicted octanol–water partition coefficient (Wildman–Crippen LogP) is 5.61. The van der Waals surface area contributed by atoms with Crippen LogP contribution >= 0.6 is 11.8 Å². The molecule has 9 heteroatoms. The normalized spacial score (nSPS) is 17.3. The van der Waals surface area contributed by atoms with Crippen molar-refractivity contribution in [1.82, 2.24) is 5.32 Å². The van der Waals surface area contributed by atoms with Crippen LogP contribution in [0.15, 0.2) is 71.6 Å². The van der Waals surface area contributed by atoms with E-state index >= 15 is 0 Å². The molecule has 1 aliphatic rings. The van der Waals surface area contributed by atoms with Crippen molar-refractivity contribution < 1.29 is 28.5 Å². The quantitative estimate of drug-likeness (QED) is 0.219. The van der Waals surface area contributed by atoms with Crippen LogP contribution in [0, 0.1) is 0 Å². The standard InChI is InChI=1S/C32H38N2O6S/c1-21(24-12-15-27(38-4)28(20-24)39-5)16-17-33-18-19-34-26-8-6-7-9-29(26)41-31(30(32(34)36)40-22(2)35)23-10-13-25(37-3)14-11-23/h6-15,20-21,30-31,33H,16-19H2,1-5H3. The molecule has 0 saturated heterocycles. The van der Waals surface area contributed by atoms with Gasteiger partial charge in [0.2, 0.25) is 0 Å². The smallest absolute Gasteiger partial charge is 0.303 e. The number of hydrogen-bond acceptors (Lipinski definition) is 8. The number of nitrogens with zero attached hydrogens (tertiary/aromatic N) is 1. The number of anilines is 1. The van der Waals surface area contributed by atoms with Crippen molar-refractivity contribution in [3.8, 4) is 17.2 Å². The number of carbonyl (C=O) groups is 2. The van der Waals surface area contributed by atoms with E-state index in [0.29, 0.717) is 24.8 Å². The van der Waals surface area contributed by atoms with Crippen molar-refractivity contribution in [2.24, 2.45) is 0 Å². The fourth-order valence-electron chi connectivity index (χ4n) is 4.90. The summed E-state index contributed by atoms with van der Waals surface area (Å²) in [5.74, 6) is 1.73. The minimum atomic E-state index is -0.969. The van der Waals surface area contributed by atoms with Crippen molar-refractivity contribution in [1.29, 1.82) is 0 Å². The summed E-state index contributed by atoms with van der Waals surface area (Å²) in [6, 6.07) is 21.4. The van der Waals surface area contributed by atoms with Gasteiger partial charge in [0.05, 0.1) is 32.3 Å². The van der Waals surface area contributed by atoms with Gasteiger partial charge in [0.25, 0.3) is 5.91 Å². The van der Waals surface area contributed by atoms with Gasteiger partial charge in [-0.1, -0.05) is 37.3 Å². The third-order valence-electron chi connectivity index (χ3n) is 7.17. The second-order valence-electron chi connectivity index (χ2n) is 9.85. The number of nitrogens with one attached hydrogen (secondary N) is 1. The molecule has 0 aliphatic carbocycles. The third kappa shape index (κ3) is 7.34. The Morgan fingerprint density at radius 2 is 1.68 bits per heavy atom. The molecule has 0 saturated carbocycles. The zero-order chi connectivity index (χ0) is 29.4. The number of hydrogen-bond donors (Lipinski definition) is 1. The Morgan fingerprint density at radius 1 is 0.951 bits per heavy atom. The highest BCUT2D eigenvalue weighted by Crippen LogP contribution is 2.46. The molecular weight excluding hydrogens is 540 g/mol. The molecule has 1 heterocycles. The van der Waals surface area contributed by atoms with E-state index in [0.717, 1.165) is 40.6 Å². The van der Waals surface area contributed by atoms with Crippen LogP contribution in [-0.2, 0) is 14.3 Å². The van der Waals surface area contributed by atoms with E-state index in [-0.39, 0.29) is 5.91 Å². The van der Waals surface area contributed by atoms with Crippen LogP contribution in [0.3, 0.4) is 0 Å². The Bertz CT molecular complexity index is 1330. The van der Waals surface area contributed by atoms with Crippen LogP contribution in [-0.4, -0.2) is 58.9 Å². The summed E-state index contributed by atoms with van der Waals surface area (Å²) in [7, 11) is 4.88. The highest BCUT2D eigenvalue weighted by Gasteiger charge is 2.40. The first kappa shape index (κ1) is 30.3. The second kappa shape index (κ2) is 14.3. The van der Waals surface area contributed by atoms with Gasteiger partial charge in [0, 0.05) is 24.9 Å². The first-order valence-corrected chi connectivity index (χ1v) is 14.5. The van der Waals surface area contributed by atoms with Gasteiger partial charge in [-0.25, -0.2) is 0 Å². The molecule has 0 aromatic heterocycles. The zero-order valence-corrected chi connectivity index (χ0v) is 25.0. The molecule has 3 aromatic rings. The maximum absolute atomic E-state index is 14.0. The molecule has 1 aliphatic heterocycles. The fraction of sp³-hybridized carbons (Fsp3) is 0.375. The summed E-state index contributed by atoms with van der Waals surface area (Å²) < 4.78 is 21.8. The molecule has 0 spiro atoms. The molecule has 0 bridgehead atoms. The maximum atomic E-state index is 14.0. The Morgan fingerprint density at radius 3 is 2.37 bits per heavy atom. The van der Waals surface area contributed by atoms with E-state index in [2.05, 4.69) is 18.3 Å². The van der Waals surface area contributed by atoms with Crippen molar-refractivity contribution >= 4 is 29.3 Å². The summed E-state index contributed by atoms with van der Waals surface area (Å²) in [5, 5.41) is 3.09. The Balaban J connectivity index is 1.46. The third-order valence-corrected chi connectivity index (χ3v) is 8.55. The number of methoxy groups -OCH3 is 3. The van der Waals surface area contributed by atoms with Gasteiger partial charge in [0.15, 0.2) is 17.6 Å². The van der Waals surface area contributed by atoms with Gasteiger partial charge in [-0.2, -0.15) is 0 Å². The Hall–Kier alpha value is -3.69. The molecule has 1 amide bonds. The Labute approximate surface area is 246 Å². The maximum Gasteiger partial charge on any atom is 0.303 e. The average molecular weight is 579 g/mol. The number of benzene rings is 3. The lowest BCUT2D eigenvalue weighted by Gasteiger charge is -2.28. The molecule has 3 unspecified atom stereocenters. The number of ether oxygens (including phenoxy) is 4. The minimum absolute atomic E-state index is 0.237. The van der Waals surface area contributed by atoms with Gasteiger partial charge in [0.1, 0.15) is 5.75 Å². The highest BCUT2D eigenvalue weighted by molar-refractivity contribution is 7.99. The average Bonchev–Trinajstić information content (AvgIpc) is 3.10. The van der Waals surface area contributed by atoms with Gasteiger partial charge in [-0.3, -0.25) is 9.59 Å². The number of rotatable bonds is 12. The van der Waals surface area contributed by atoms with Gasteiger partial charge < -0.3 is 29.2 Å². The highest BCUT2D eigenvalue weighted by atomic mass is 32.2. The monoisotopic (exact) mass is 578 g/mol. The van der Waals surface area contributed by atoms with Crippen molar-refractivity contribution in [2.75, 3.05) is 45.9 Å². The van der Waals surface area contributed by atoms with Gasteiger partial charge in [-0.15, -0.1) is 11.8 Å². The summed E-state index contributed by atoms with van der Waals surface area (Å²) in [4.78, 5) is 28.8. The van der Waals surface area contributed by atoms with Crippen molar-refractivity contribution in [3.05, 3.63) is 77.9 Å². The molecule has 218 valence electrons. The Kier molecular flexibility index (Phi) is 10.5.